The highest BCUT2D eigenvalue weighted by Gasteiger charge is 2.30. The Kier molecular flexibility index (Phi) is 9.58. The number of carboxylic acids is 1. The maximum Gasteiger partial charge on any atom is 0.326 e. The topological polar surface area (TPSA) is 187 Å². The minimum atomic E-state index is -1.38. The number of aliphatic carboxylic acids is 1. The van der Waals surface area contributed by atoms with Crippen LogP contribution in [0.5, 0.6) is 0 Å². The summed E-state index contributed by atoms with van der Waals surface area (Å²) in [6, 6.07) is 3.09. The number of fused-ring (bicyclic) bond motifs is 1. The lowest BCUT2D eigenvalue weighted by Crippen LogP contribution is -2.58. The number of para-hydroxylation sites is 1. The largest absolute Gasteiger partial charge is 0.480 e. The van der Waals surface area contributed by atoms with E-state index in [0.717, 1.165) is 16.5 Å². The molecule has 3 amide bonds. The summed E-state index contributed by atoms with van der Waals surface area (Å²) in [6.07, 6.45) is 2.54. The number of nitrogens with one attached hydrogen (secondary N) is 4. The van der Waals surface area contributed by atoms with Crippen molar-refractivity contribution in [3.8, 4) is 0 Å². The molecule has 8 N–H and O–H groups in total. The smallest absolute Gasteiger partial charge is 0.326 e. The van der Waals surface area contributed by atoms with Crippen LogP contribution in [0.15, 0.2) is 30.5 Å². The Bertz CT molecular complexity index is 1020. The minimum absolute atomic E-state index is 0.248. The van der Waals surface area contributed by atoms with E-state index in [4.69, 9.17) is 5.73 Å². The van der Waals surface area contributed by atoms with Crippen LogP contribution in [-0.2, 0) is 25.6 Å². The first-order valence-electron chi connectivity index (χ1n) is 11.1. The van der Waals surface area contributed by atoms with Gasteiger partial charge in [-0.25, -0.2) is 4.79 Å². The lowest BCUT2D eigenvalue weighted by atomic mass is 9.99. The summed E-state index contributed by atoms with van der Waals surface area (Å²) in [5, 5.41) is 27.0. The molecule has 1 aromatic carbocycles. The normalized spacial score (nSPS) is 15.6. The molecule has 2 rings (SSSR count). The fourth-order valence-electron chi connectivity index (χ4n) is 3.44. The molecule has 0 aliphatic carbocycles. The maximum atomic E-state index is 12.5. The maximum absolute atomic E-state index is 12.5. The number of benzene rings is 1. The summed E-state index contributed by atoms with van der Waals surface area (Å²) in [5.74, 6) is -3.68. The highest BCUT2D eigenvalue weighted by Crippen LogP contribution is 2.18. The van der Waals surface area contributed by atoms with Gasteiger partial charge in [-0.3, -0.25) is 14.4 Å². The second-order valence-electron chi connectivity index (χ2n) is 8.35. The molecule has 0 aliphatic rings. The number of aliphatic hydroxyl groups excluding tert-OH is 1. The number of carbonyl (C=O) groups excluding carboxylic acids is 3. The summed E-state index contributed by atoms with van der Waals surface area (Å²) in [5.41, 5.74) is 7.81. The van der Waals surface area contributed by atoms with Gasteiger partial charge in [-0.2, -0.15) is 0 Å². The molecule has 0 saturated heterocycles. The van der Waals surface area contributed by atoms with Crippen molar-refractivity contribution >= 4 is 34.6 Å². The third kappa shape index (κ3) is 6.78. The lowest BCUT2D eigenvalue weighted by molar-refractivity contribution is -0.144. The number of hydrogen-bond acceptors (Lipinski definition) is 6. The van der Waals surface area contributed by atoms with Gasteiger partial charge in [0.05, 0.1) is 12.6 Å². The van der Waals surface area contributed by atoms with Crippen LogP contribution in [0.4, 0.5) is 0 Å². The van der Waals surface area contributed by atoms with Gasteiger partial charge in [-0.15, -0.1) is 0 Å². The van der Waals surface area contributed by atoms with Crippen molar-refractivity contribution < 1.29 is 29.4 Å². The van der Waals surface area contributed by atoms with Crippen molar-refractivity contribution in [1.82, 2.24) is 20.9 Å². The lowest BCUT2D eigenvalue weighted by Gasteiger charge is -2.24. The molecule has 11 heteroatoms. The predicted molar refractivity (Wildman–Crippen MR) is 126 cm³/mol. The Morgan fingerprint density at radius 1 is 1.03 bits per heavy atom. The molecule has 2 aromatic rings. The Morgan fingerprint density at radius 2 is 1.71 bits per heavy atom. The molecule has 0 radical (unpaired) electrons. The number of H-pyrrole nitrogens is 1. The second kappa shape index (κ2) is 12.1. The number of amides is 3. The molecule has 0 spiro atoms. The molecule has 5 atom stereocenters. The van der Waals surface area contributed by atoms with Crippen molar-refractivity contribution in [2.75, 3.05) is 6.61 Å². The Balaban J connectivity index is 1.93. The molecule has 186 valence electrons. The summed E-state index contributed by atoms with van der Waals surface area (Å²) in [7, 11) is 0. The van der Waals surface area contributed by atoms with Crippen molar-refractivity contribution in [3.63, 3.8) is 0 Å². The number of carbonyl (C=O) groups is 4. The number of rotatable bonds is 12. The highest BCUT2D eigenvalue weighted by molar-refractivity contribution is 5.94. The number of carboxylic acid groups (broad SMARTS) is 1. The predicted octanol–water partition coefficient (Wildman–Crippen LogP) is -0.365. The van der Waals surface area contributed by atoms with E-state index in [1.54, 1.807) is 20.0 Å². The van der Waals surface area contributed by atoms with Crippen molar-refractivity contribution in [1.29, 1.82) is 0 Å². The summed E-state index contributed by atoms with van der Waals surface area (Å²) < 4.78 is 0. The van der Waals surface area contributed by atoms with E-state index in [0.29, 0.717) is 6.42 Å². The number of aromatic nitrogens is 1. The number of nitrogens with two attached hydrogens (primary N) is 1. The summed E-state index contributed by atoms with van der Waals surface area (Å²) in [6.45, 7) is 4.12. The molecule has 1 aromatic heterocycles. The third-order valence-corrected chi connectivity index (χ3v) is 5.80. The van der Waals surface area contributed by atoms with E-state index < -0.39 is 54.5 Å². The average molecular weight is 476 g/mol. The molecular formula is C23H33N5O6. The SMILES string of the molecule is CCC(C)C(NC(=O)C(CO)NC(=O)C(C)NC(=O)C(N)Cc1c[nH]c2ccccc12)C(=O)O. The van der Waals surface area contributed by atoms with Gasteiger partial charge < -0.3 is 36.9 Å². The van der Waals surface area contributed by atoms with Crippen LogP contribution in [0.25, 0.3) is 10.9 Å². The monoisotopic (exact) mass is 475 g/mol. The van der Waals surface area contributed by atoms with Crippen molar-refractivity contribution in [2.24, 2.45) is 11.7 Å². The van der Waals surface area contributed by atoms with E-state index in [1.807, 2.05) is 24.3 Å². The van der Waals surface area contributed by atoms with Crippen molar-refractivity contribution in [2.45, 2.75) is 57.8 Å². The van der Waals surface area contributed by atoms with Gasteiger partial charge in [0.25, 0.3) is 0 Å². The van der Waals surface area contributed by atoms with Crippen LogP contribution in [0.3, 0.4) is 0 Å². The number of aromatic amines is 1. The van der Waals surface area contributed by atoms with E-state index in [2.05, 4.69) is 20.9 Å². The van der Waals surface area contributed by atoms with Gasteiger partial charge in [0.15, 0.2) is 0 Å². The molecule has 34 heavy (non-hydrogen) atoms. The van der Waals surface area contributed by atoms with Crippen LogP contribution < -0.4 is 21.7 Å². The molecule has 1 heterocycles. The zero-order valence-electron chi connectivity index (χ0n) is 19.5. The first kappa shape index (κ1) is 26.8. The van der Waals surface area contributed by atoms with Gasteiger partial charge in [-0.05, 0) is 30.9 Å². The first-order chi connectivity index (χ1) is 16.1. The molecule has 0 bridgehead atoms. The second-order valence-corrected chi connectivity index (χ2v) is 8.35. The zero-order valence-corrected chi connectivity index (χ0v) is 19.5. The average Bonchev–Trinajstić information content (AvgIpc) is 3.22. The Morgan fingerprint density at radius 3 is 2.32 bits per heavy atom. The molecule has 0 fully saturated rings. The zero-order chi connectivity index (χ0) is 25.4. The van der Waals surface area contributed by atoms with E-state index in [-0.39, 0.29) is 12.3 Å². The quantitative estimate of drug-likeness (QED) is 0.218. The van der Waals surface area contributed by atoms with Crippen LogP contribution >= 0.6 is 0 Å². The van der Waals surface area contributed by atoms with Gasteiger partial charge in [0.1, 0.15) is 18.1 Å². The van der Waals surface area contributed by atoms with Gasteiger partial charge >= 0.3 is 5.97 Å². The molecule has 5 unspecified atom stereocenters. The summed E-state index contributed by atoms with van der Waals surface area (Å²) >= 11 is 0. The standard InChI is InChI=1S/C23H33N5O6/c1-4-12(2)19(23(33)34)28-22(32)18(11-29)27-20(30)13(3)26-21(31)16(24)9-14-10-25-17-8-6-5-7-15(14)17/h5-8,10,12-13,16,18-19,25,29H,4,9,11,24H2,1-3H3,(H,26,31)(H,27,30)(H,28,32)(H,33,34). The highest BCUT2D eigenvalue weighted by atomic mass is 16.4. The van der Waals surface area contributed by atoms with Crippen LogP contribution in [0, 0.1) is 5.92 Å². The van der Waals surface area contributed by atoms with Crippen LogP contribution in [-0.4, -0.2) is 69.7 Å². The first-order valence-corrected chi connectivity index (χ1v) is 11.1. The fourth-order valence-corrected chi connectivity index (χ4v) is 3.44. The number of hydrogen-bond donors (Lipinski definition) is 7. The van der Waals surface area contributed by atoms with Gasteiger partial charge in [0, 0.05) is 17.1 Å². The van der Waals surface area contributed by atoms with E-state index in [9.17, 15) is 29.4 Å². The fraction of sp³-hybridized carbons (Fsp3) is 0.478. The molecule has 11 nitrogen and oxygen atoms in total. The number of aliphatic hydroxyl groups is 1. The van der Waals surface area contributed by atoms with Gasteiger partial charge in [-0.1, -0.05) is 38.5 Å². The van der Waals surface area contributed by atoms with E-state index in [1.165, 1.54) is 6.92 Å². The van der Waals surface area contributed by atoms with Crippen LogP contribution in [0.1, 0.15) is 32.8 Å². The molecule has 0 aliphatic heterocycles. The van der Waals surface area contributed by atoms with Crippen molar-refractivity contribution in [3.05, 3.63) is 36.0 Å². The Labute approximate surface area is 197 Å². The van der Waals surface area contributed by atoms with Gasteiger partial charge in [0.2, 0.25) is 17.7 Å². The Hall–Kier alpha value is -3.44. The minimum Gasteiger partial charge on any atom is -0.480 e. The third-order valence-electron chi connectivity index (χ3n) is 5.80. The summed E-state index contributed by atoms with van der Waals surface area (Å²) in [4.78, 5) is 52.0. The van der Waals surface area contributed by atoms with E-state index >= 15 is 0 Å². The molecular weight excluding hydrogens is 442 g/mol. The molecule has 0 saturated carbocycles. The van der Waals surface area contributed by atoms with Crippen LogP contribution in [0.2, 0.25) is 0 Å².